The number of para-hydroxylation sites is 2. The lowest BCUT2D eigenvalue weighted by Gasteiger charge is -2.17. The number of fused-ring (bicyclic) bond motifs is 1. The summed E-state index contributed by atoms with van der Waals surface area (Å²) in [5, 5.41) is 2.99. The van der Waals surface area contributed by atoms with Gasteiger partial charge in [0.25, 0.3) is 5.91 Å². The van der Waals surface area contributed by atoms with Crippen molar-refractivity contribution < 1.29 is 4.79 Å². The zero-order valence-corrected chi connectivity index (χ0v) is 16.1. The molecule has 0 aliphatic carbocycles. The molecule has 2 aromatic heterocycles. The van der Waals surface area contributed by atoms with Gasteiger partial charge in [0, 0.05) is 25.3 Å². The van der Waals surface area contributed by atoms with Gasteiger partial charge in [-0.25, -0.2) is 4.98 Å². The molecule has 144 valence electrons. The Kier molecular flexibility index (Phi) is 5.37. The van der Waals surface area contributed by atoms with Crippen molar-refractivity contribution in [3.8, 4) is 0 Å². The fraction of sp³-hybridized carbons (Fsp3) is 0.318. The average molecular weight is 375 g/mol. The Bertz CT molecular complexity index is 954. The summed E-state index contributed by atoms with van der Waals surface area (Å²) in [5.41, 5.74) is 3.93. The number of carbonyl (C=O) groups excluding carboxylic acids is 1. The Morgan fingerprint density at radius 3 is 2.93 bits per heavy atom. The number of nitrogens with zero attached hydrogens (tertiary/aromatic N) is 3. The number of anilines is 1. The van der Waals surface area contributed by atoms with Crippen molar-refractivity contribution in [1.29, 1.82) is 0 Å². The van der Waals surface area contributed by atoms with E-state index in [2.05, 4.69) is 43.4 Å². The van der Waals surface area contributed by atoms with Crippen molar-refractivity contribution in [2.24, 2.45) is 0 Å². The lowest BCUT2D eigenvalue weighted by atomic mass is 10.1. The van der Waals surface area contributed by atoms with Crippen LogP contribution in [0.3, 0.4) is 0 Å². The van der Waals surface area contributed by atoms with Crippen LogP contribution >= 0.6 is 0 Å². The number of hydrogen-bond acceptors (Lipinski definition) is 4. The van der Waals surface area contributed by atoms with Crippen LogP contribution in [0.25, 0.3) is 17.1 Å². The van der Waals surface area contributed by atoms with Crippen LogP contribution in [-0.2, 0) is 0 Å². The quantitative estimate of drug-likeness (QED) is 0.688. The number of benzene rings is 1. The van der Waals surface area contributed by atoms with Gasteiger partial charge in [-0.3, -0.25) is 9.78 Å². The van der Waals surface area contributed by atoms with Crippen molar-refractivity contribution in [2.45, 2.75) is 32.2 Å². The number of H-pyrrole nitrogens is 1. The summed E-state index contributed by atoms with van der Waals surface area (Å²) in [4.78, 5) is 26.5. The lowest BCUT2D eigenvalue weighted by molar-refractivity contribution is 0.0931. The minimum Gasteiger partial charge on any atom is -0.370 e. The first-order valence-electron chi connectivity index (χ1n) is 9.81. The summed E-state index contributed by atoms with van der Waals surface area (Å²) >= 11 is 0. The van der Waals surface area contributed by atoms with Gasteiger partial charge >= 0.3 is 0 Å². The molecular formula is C22H25N5O. The zero-order chi connectivity index (χ0) is 19.3. The molecule has 1 amide bonds. The van der Waals surface area contributed by atoms with Crippen LogP contribution in [0.4, 0.5) is 5.69 Å². The third-order valence-corrected chi connectivity index (χ3v) is 5.00. The number of carbonyl (C=O) groups is 1. The summed E-state index contributed by atoms with van der Waals surface area (Å²) in [5.74, 6) is 0.161. The fourth-order valence-corrected chi connectivity index (χ4v) is 3.50. The molecule has 1 atom stereocenters. The molecule has 0 bridgehead atoms. The number of imidazole rings is 1. The van der Waals surface area contributed by atoms with Gasteiger partial charge in [0.2, 0.25) is 0 Å². The van der Waals surface area contributed by atoms with Gasteiger partial charge in [0.15, 0.2) is 5.82 Å². The van der Waals surface area contributed by atoms with Crippen molar-refractivity contribution in [2.75, 3.05) is 18.0 Å². The molecule has 1 aliphatic rings. The molecule has 6 heteroatoms. The molecule has 3 heterocycles. The SMILES string of the molecule is C[C@@H](C/C=C/c1cncc(N2CCCC2)c1)NC(=O)c1nc2ccccc2[nH]1. The highest BCUT2D eigenvalue weighted by atomic mass is 16.2. The number of amides is 1. The molecule has 0 saturated carbocycles. The second-order valence-electron chi connectivity index (χ2n) is 7.29. The summed E-state index contributed by atoms with van der Waals surface area (Å²) < 4.78 is 0. The van der Waals surface area contributed by atoms with Crippen molar-refractivity contribution >= 4 is 28.7 Å². The molecule has 1 aromatic carbocycles. The normalized spacial score (nSPS) is 15.4. The van der Waals surface area contributed by atoms with Crippen LogP contribution in [-0.4, -0.2) is 40.0 Å². The van der Waals surface area contributed by atoms with Gasteiger partial charge in [-0.1, -0.05) is 24.3 Å². The van der Waals surface area contributed by atoms with Crippen LogP contribution in [0.5, 0.6) is 0 Å². The van der Waals surface area contributed by atoms with Crippen LogP contribution in [0.15, 0.2) is 48.8 Å². The molecule has 3 aromatic rings. The van der Waals surface area contributed by atoms with E-state index in [1.165, 1.54) is 18.5 Å². The van der Waals surface area contributed by atoms with Gasteiger partial charge in [-0.2, -0.15) is 0 Å². The molecule has 0 radical (unpaired) electrons. The molecule has 0 unspecified atom stereocenters. The molecule has 1 aliphatic heterocycles. The predicted molar refractivity (Wildman–Crippen MR) is 112 cm³/mol. The molecular weight excluding hydrogens is 350 g/mol. The number of nitrogens with one attached hydrogen (secondary N) is 2. The third-order valence-electron chi connectivity index (χ3n) is 5.00. The van der Waals surface area contributed by atoms with Crippen LogP contribution in [0.1, 0.15) is 42.4 Å². The molecule has 4 rings (SSSR count). The number of rotatable bonds is 6. The highest BCUT2D eigenvalue weighted by molar-refractivity contribution is 5.94. The van der Waals surface area contributed by atoms with Crippen LogP contribution < -0.4 is 10.2 Å². The maximum atomic E-state index is 12.4. The maximum Gasteiger partial charge on any atom is 0.287 e. The summed E-state index contributed by atoms with van der Waals surface area (Å²) in [7, 11) is 0. The molecule has 28 heavy (non-hydrogen) atoms. The second-order valence-corrected chi connectivity index (χ2v) is 7.29. The van der Waals surface area contributed by atoms with E-state index in [4.69, 9.17) is 0 Å². The number of aromatic nitrogens is 3. The monoisotopic (exact) mass is 375 g/mol. The average Bonchev–Trinajstić information content (AvgIpc) is 3.38. The molecule has 1 saturated heterocycles. The first-order chi connectivity index (χ1) is 13.7. The number of pyridine rings is 1. The molecule has 6 nitrogen and oxygen atoms in total. The Morgan fingerprint density at radius 2 is 2.11 bits per heavy atom. The first-order valence-corrected chi connectivity index (χ1v) is 9.81. The summed E-state index contributed by atoms with van der Waals surface area (Å²) in [6.07, 6.45) is 11.2. The largest absolute Gasteiger partial charge is 0.370 e. The Hall–Kier alpha value is -3.15. The maximum absolute atomic E-state index is 12.4. The van der Waals surface area contributed by atoms with Crippen molar-refractivity contribution in [3.63, 3.8) is 0 Å². The lowest BCUT2D eigenvalue weighted by Crippen LogP contribution is -2.32. The summed E-state index contributed by atoms with van der Waals surface area (Å²) in [6, 6.07) is 9.81. The predicted octanol–water partition coefficient (Wildman–Crippen LogP) is 3.78. The zero-order valence-electron chi connectivity index (χ0n) is 16.1. The van der Waals surface area contributed by atoms with E-state index >= 15 is 0 Å². The van der Waals surface area contributed by atoms with E-state index in [-0.39, 0.29) is 11.9 Å². The molecule has 1 fully saturated rings. The smallest absolute Gasteiger partial charge is 0.287 e. The topological polar surface area (TPSA) is 73.9 Å². The van der Waals surface area contributed by atoms with E-state index in [1.54, 1.807) is 0 Å². The van der Waals surface area contributed by atoms with Crippen LogP contribution in [0.2, 0.25) is 0 Å². The van der Waals surface area contributed by atoms with E-state index in [0.29, 0.717) is 5.82 Å². The van der Waals surface area contributed by atoms with Gasteiger partial charge < -0.3 is 15.2 Å². The van der Waals surface area contributed by atoms with Gasteiger partial charge in [0.05, 0.1) is 22.9 Å². The van der Waals surface area contributed by atoms with E-state index in [0.717, 1.165) is 36.1 Å². The second kappa shape index (κ2) is 8.25. The molecule has 0 spiro atoms. The fourth-order valence-electron chi connectivity index (χ4n) is 3.50. The standard InChI is InChI=1S/C22H25N5O/c1-16(24-22(28)21-25-19-9-2-3-10-20(19)26-21)7-6-8-17-13-18(15-23-14-17)27-11-4-5-12-27/h2-3,6,8-10,13-16H,4-5,7,11-12H2,1H3,(H,24,28)(H,25,26)/b8-6+/t16-/m0/s1. The van der Waals surface area contributed by atoms with E-state index < -0.39 is 0 Å². The van der Waals surface area contributed by atoms with Gasteiger partial charge in [0.1, 0.15) is 0 Å². The Balaban J connectivity index is 1.33. The number of aromatic amines is 1. The minimum absolute atomic E-state index is 0.00619. The first kappa shape index (κ1) is 18.2. The van der Waals surface area contributed by atoms with Crippen molar-refractivity contribution in [1.82, 2.24) is 20.3 Å². The van der Waals surface area contributed by atoms with Gasteiger partial charge in [-0.15, -0.1) is 0 Å². The van der Waals surface area contributed by atoms with E-state index in [1.807, 2.05) is 43.6 Å². The third kappa shape index (κ3) is 4.22. The Morgan fingerprint density at radius 1 is 1.29 bits per heavy atom. The van der Waals surface area contributed by atoms with Crippen molar-refractivity contribution in [3.05, 3.63) is 60.2 Å². The van der Waals surface area contributed by atoms with Crippen LogP contribution in [0, 0.1) is 0 Å². The highest BCUT2D eigenvalue weighted by Crippen LogP contribution is 2.20. The van der Waals surface area contributed by atoms with E-state index in [9.17, 15) is 4.79 Å². The summed E-state index contributed by atoms with van der Waals surface area (Å²) in [6.45, 7) is 4.21. The van der Waals surface area contributed by atoms with Gasteiger partial charge in [-0.05, 0) is 49.9 Å². The Labute approximate surface area is 164 Å². The highest BCUT2D eigenvalue weighted by Gasteiger charge is 2.14. The minimum atomic E-state index is -0.185. The molecule has 2 N–H and O–H groups in total. The number of hydrogen-bond donors (Lipinski definition) is 2.